The molecule has 3 aromatic rings. The van der Waals surface area contributed by atoms with E-state index in [1.807, 2.05) is 53.7 Å². The van der Waals surface area contributed by atoms with Gasteiger partial charge in [0.25, 0.3) is 0 Å². The maximum absolute atomic E-state index is 5.02. The van der Waals surface area contributed by atoms with Gasteiger partial charge in [-0.2, -0.15) is 0 Å². The lowest BCUT2D eigenvalue weighted by Crippen LogP contribution is -1.99. The van der Waals surface area contributed by atoms with Crippen LogP contribution in [-0.4, -0.2) is 24.9 Å². The molecule has 4 nitrogen and oxygen atoms in total. The fourth-order valence-corrected chi connectivity index (χ4v) is 4.14. The highest BCUT2D eigenvalue weighted by molar-refractivity contribution is 6.05. The molecule has 0 aliphatic rings. The maximum atomic E-state index is 5.02. The minimum Gasteiger partial charge on any atom is -0.262 e. The maximum Gasteiger partial charge on any atom is 0.0912 e. The first-order chi connectivity index (χ1) is 18.8. The lowest BCUT2D eigenvalue weighted by Gasteiger charge is -2.13. The Morgan fingerprint density at radius 2 is 0.650 bits per heavy atom. The summed E-state index contributed by atoms with van der Waals surface area (Å²) in [7, 11) is 0. The van der Waals surface area contributed by atoms with Gasteiger partial charge in [0.15, 0.2) is 0 Å². The van der Waals surface area contributed by atoms with Crippen LogP contribution in [0.3, 0.4) is 0 Å². The quantitative estimate of drug-likeness (QED) is 0.236. The minimum atomic E-state index is 0.588. The SMILES string of the molecule is C=Nc1cc(N=C(C)c2cc(C(=C)C)cc(C(=C)C)c2)c(N=C(C)c2cc(C(=C)C)cc(C(=C)C)c2)cc1N=C. The average molecular weight is 527 g/mol. The third-order valence-electron chi connectivity index (χ3n) is 6.66. The third-order valence-corrected chi connectivity index (χ3v) is 6.66. The van der Waals surface area contributed by atoms with Gasteiger partial charge >= 0.3 is 0 Å². The molecule has 40 heavy (non-hydrogen) atoms. The van der Waals surface area contributed by atoms with Gasteiger partial charge in [0, 0.05) is 11.4 Å². The van der Waals surface area contributed by atoms with E-state index in [0.717, 1.165) is 67.1 Å². The Labute approximate surface area is 239 Å². The van der Waals surface area contributed by atoms with Crippen LogP contribution >= 0.6 is 0 Å². The predicted molar refractivity (Wildman–Crippen MR) is 180 cm³/mol. The molecule has 0 bridgehead atoms. The molecule has 0 aromatic heterocycles. The van der Waals surface area contributed by atoms with Crippen molar-refractivity contribution in [3.63, 3.8) is 0 Å². The third kappa shape index (κ3) is 6.83. The molecule has 0 heterocycles. The highest BCUT2D eigenvalue weighted by Crippen LogP contribution is 2.40. The van der Waals surface area contributed by atoms with Crippen molar-refractivity contribution in [3.05, 3.63) is 108 Å². The highest BCUT2D eigenvalue weighted by atomic mass is 14.9. The number of benzene rings is 3. The molecule has 0 unspecified atom stereocenters. The van der Waals surface area contributed by atoms with Crippen LogP contribution in [0.1, 0.15) is 74.9 Å². The smallest absolute Gasteiger partial charge is 0.0912 e. The van der Waals surface area contributed by atoms with Crippen molar-refractivity contribution in [2.24, 2.45) is 20.0 Å². The Kier molecular flexibility index (Phi) is 9.28. The van der Waals surface area contributed by atoms with Gasteiger partial charge in [-0.1, -0.05) is 48.6 Å². The van der Waals surface area contributed by atoms with E-state index in [4.69, 9.17) is 9.98 Å². The molecule has 3 rings (SSSR count). The molecule has 0 saturated heterocycles. The molecule has 0 aliphatic heterocycles. The molecule has 0 fully saturated rings. The van der Waals surface area contributed by atoms with Gasteiger partial charge in [0.2, 0.25) is 0 Å². The fourth-order valence-electron chi connectivity index (χ4n) is 4.14. The second kappa shape index (κ2) is 12.4. The van der Waals surface area contributed by atoms with Crippen molar-refractivity contribution in [1.29, 1.82) is 0 Å². The number of hydrogen-bond acceptors (Lipinski definition) is 4. The summed E-state index contributed by atoms with van der Waals surface area (Å²) < 4.78 is 0. The van der Waals surface area contributed by atoms with E-state index < -0.39 is 0 Å². The monoisotopic (exact) mass is 526 g/mol. The highest BCUT2D eigenvalue weighted by Gasteiger charge is 2.12. The first kappa shape index (κ1) is 29.9. The second-order valence-electron chi connectivity index (χ2n) is 10.3. The minimum absolute atomic E-state index is 0.588. The molecule has 0 N–H and O–H groups in total. The van der Waals surface area contributed by atoms with E-state index in [1.54, 1.807) is 0 Å². The van der Waals surface area contributed by atoms with Crippen molar-refractivity contribution in [2.75, 3.05) is 0 Å². The number of aliphatic imine (C=N–C) groups is 4. The average Bonchev–Trinajstić information content (AvgIpc) is 2.92. The number of hydrogen-bond donors (Lipinski definition) is 0. The molecular formula is C36H38N4. The molecule has 0 radical (unpaired) electrons. The molecule has 0 saturated carbocycles. The Hall–Kier alpha value is -4.70. The van der Waals surface area contributed by atoms with Crippen LogP contribution in [0.4, 0.5) is 22.7 Å². The first-order valence-corrected chi connectivity index (χ1v) is 13.0. The van der Waals surface area contributed by atoms with Gasteiger partial charge in [0.05, 0.1) is 22.7 Å². The summed E-state index contributed by atoms with van der Waals surface area (Å²) >= 11 is 0. The molecule has 3 aromatic carbocycles. The van der Waals surface area contributed by atoms with Gasteiger partial charge < -0.3 is 0 Å². The zero-order valence-corrected chi connectivity index (χ0v) is 24.7. The topological polar surface area (TPSA) is 49.4 Å². The largest absolute Gasteiger partial charge is 0.262 e. The zero-order valence-electron chi connectivity index (χ0n) is 24.7. The summed E-state index contributed by atoms with van der Waals surface area (Å²) in [5.74, 6) is 0. The zero-order chi connectivity index (χ0) is 29.7. The van der Waals surface area contributed by atoms with Gasteiger partial charge in [-0.25, -0.2) is 0 Å². The van der Waals surface area contributed by atoms with Crippen molar-refractivity contribution in [1.82, 2.24) is 0 Å². The van der Waals surface area contributed by atoms with Crippen molar-refractivity contribution < 1.29 is 0 Å². The van der Waals surface area contributed by atoms with E-state index in [-0.39, 0.29) is 0 Å². The van der Waals surface area contributed by atoms with E-state index in [9.17, 15) is 0 Å². The Morgan fingerprint density at radius 3 is 0.875 bits per heavy atom. The van der Waals surface area contributed by atoms with Gasteiger partial charge in [-0.15, -0.1) is 0 Å². The molecule has 0 spiro atoms. The first-order valence-electron chi connectivity index (χ1n) is 13.0. The summed E-state index contributed by atoms with van der Waals surface area (Å²) in [6, 6.07) is 16.3. The Balaban J connectivity index is 2.26. The molecule has 4 heteroatoms. The van der Waals surface area contributed by atoms with Crippen molar-refractivity contribution in [3.8, 4) is 0 Å². The van der Waals surface area contributed by atoms with Crippen LogP contribution < -0.4 is 0 Å². The summed E-state index contributed by atoms with van der Waals surface area (Å²) in [6.07, 6.45) is 0. The molecule has 0 amide bonds. The van der Waals surface area contributed by atoms with Gasteiger partial charge in [-0.3, -0.25) is 20.0 Å². The number of allylic oxidation sites excluding steroid dienone is 4. The van der Waals surface area contributed by atoms with Gasteiger partial charge in [-0.05, 0) is 137 Å². The van der Waals surface area contributed by atoms with Crippen LogP contribution in [0.25, 0.3) is 22.3 Å². The van der Waals surface area contributed by atoms with Crippen LogP contribution in [0.5, 0.6) is 0 Å². The normalized spacial score (nSPS) is 11.7. The fraction of sp³-hybridized carbons (Fsp3) is 0.167. The van der Waals surface area contributed by atoms with E-state index >= 15 is 0 Å². The van der Waals surface area contributed by atoms with E-state index in [2.05, 4.69) is 86.1 Å². The summed E-state index contributed by atoms with van der Waals surface area (Å²) in [5.41, 5.74) is 14.2. The molecular weight excluding hydrogens is 488 g/mol. The Morgan fingerprint density at radius 1 is 0.400 bits per heavy atom. The lowest BCUT2D eigenvalue weighted by atomic mass is 9.96. The van der Waals surface area contributed by atoms with Crippen LogP contribution in [0, 0.1) is 0 Å². The van der Waals surface area contributed by atoms with Crippen molar-refractivity contribution >= 4 is 69.9 Å². The number of nitrogens with zero attached hydrogens (tertiary/aromatic N) is 4. The number of rotatable bonds is 10. The summed E-state index contributed by atoms with van der Waals surface area (Å²) in [5, 5.41) is 0. The lowest BCUT2D eigenvalue weighted by molar-refractivity contribution is 1.37. The van der Waals surface area contributed by atoms with Crippen LogP contribution in [0.2, 0.25) is 0 Å². The summed E-state index contributed by atoms with van der Waals surface area (Å²) in [4.78, 5) is 18.4. The molecule has 0 aliphatic carbocycles. The van der Waals surface area contributed by atoms with Crippen LogP contribution in [0.15, 0.2) is 94.8 Å². The second-order valence-corrected chi connectivity index (χ2v) is 10.3. The van der Waals surface area contributed by atoms with E-state index in [0.29, 0.717) is 22.7 Å². The Bertz CT molecular complexity index is 1460. The van der Waals surface area contributed by atoms with Crippen molar-refractivity contribution in [2.45, 2.75) is 41.5 Å². The van der Waals surface area contributed by atoms with E-state index in [1.165, 1.54) is 0 Å². The standard InChI is InChI=1S/C36H38N4/c1-21(2)27-13-28(22(3)4)16-31(15-27)25(9)39-35-19-33(37-11)34(38-12)20-36(35)40-26(10)32-17-29(23(5)6)14-30(18-32)24(7)8/h13-20H,1,3,5,7,11-12H2,2,4,6,8-10H3. The predicted octanol–water partition coefficient (Wildman–Crippen LogP) is 10.8. The van der Waals surface area contributed by atoms with Crippen LogP contribution in [-0.2, 0) is 0 Å². The van der Waals surface area contributed by atoms with Gasteiger partial charge in [0.1, 0.15) is 0 Å². The molecule has 202 valence electrons. The molecule has 0 atom stereocenters. The summed E-state index contributed by atoms with van der Waals surface area (Å²) in [6.45, 7) is 35.9.